The van der Waals surface area contributed by atoms with E-state index >= 15 is 0 Å². The van der Waals surface area contributed by atoms with Gasteiger partial charge in [0.05, 0.1) is 17.4 Å². The molecular formula is C23H27F3N6O2. The van der Waals surface area contributed by atoms with Crippen LogP contribution in [0, 0.1) is 0 Å². The van der Waals surface area contributed by atoms with Crippen LogP contribution in [0.4, 0.5) is 29.5 Å². The number of fused-ring (bicyclic) bond motifs is 1. The van der Waals surface area contributed by atoms with Crippen molar-refractivity contribution in [3.63, 3.8) is 0 Å². The number of nitrogens with one attached hydrogen (secondary N) is 1. The maximum absolute atomic E-state index is 13.0. The summed E-state index contributed by atoms with van der Waals surface area (Å²) in [6.45, 7) is 8.05. The van der Waals surface area contributed by atoms with Crippen LogP contribution < -0.4 is 10.2 Å². The summed E-state index contributed by atoms with van der Waals surface area (Å²) in [5, 5.41) is 7.36. The van der Waals surface area contributed by atoms with Crippen molar-refractivity contribution in [2.45, 2.75) is 39.1 Å². The Labute approximate surface area is 195 Å². The van der Waals surface area contributed by atoms with E-state index in [9.17, 15) is 18.0 Å². The van der Waals surface area contributed by atoms with Gasteiger partial charge in [-0.2, -0.15) is 18.3 Å². The summed E-state index contributed by atoms with van der Waals surface area (Å²) >= 11 is 0. The Hall–Kier alpha value is -3.50. The van der Waals surface area contributed by atoms with E-state index in [1.807, 2.05) is 33.0 Å². The van der Waals surface area contributed by atoms with Crippen LogP contribution in [-0.4, -0.2) is 57.4 Å². The van der Waals surface area contributed by atoms with Crippen molar-refractivity contribution in [1.29, 1.82) is 0 Å². The number of aromatic nitrogens is 3. The molecule has 0 atom stereocenters. The highest BCUT2D eigenvalue weighted by Gasteiger charge is 2.30. The number of rotatable bonds is 4. The maximum Gasteiger partial charge on any atom is 0.416 e. The van der Waals surface area contributed by atoms with Crippen LogP contribution in [-0.2, 0) is 17.5 Å². The molecule has 0 aliphatic carbocycles. The van der Waals surface area contributed by atoms with Gasteiger partial charge in [0.1, 0.15) is 17.4 Å². The first-order valence-corrected chi connectivity index (χ1v) is 11.0. The van der Waals surface area contributed by atoms with Crippen molar-refractivity contribution >= 4 is 23.1 Å². The Balaban J connectivity index is 1.43. The molecule has 1 saturated heterocycles. The number of alkyl halides is 3. The SMILES string of the molecule is CC(C)(C)OC(=O)N1CCN(c2cc3c(NCc4cccc(C(F)(F)F)c4)ncnn3c2)CC1. The highest BCUT2D eigenvalue weighted by molar-refractivity contribution is 5.74. The fourth-order valence-corrected chi connectivity index (χ4v) is 3.74. The minimum atomic E-state index is -4.39. The molecule has 2 aromatic heterocycles. The second-order valence-electron chi connectivity index (χ2n) is 9.14. The van der Waals surface area contributed by atoms with Crippen LogP contribution in [0.15, 0.2) is 42.9 Å². The predicted molar refractivity (Wildman–Crippen MR) is 122 cm³/mol. The van der Waals surface area contributed by atoms with Gasteiger partial charge in [-0.1, -0.05) is 12.1 Å². The zero-order valence-corrected chi connectivity index (χ0v) is 19.3. The minimum absolute atomic E-state index is 0.186. The highest BCUT2D eigenvalue weighted by Crippen LogP contribution is 2.30. The minimum Gasteiger partial charge on any atom is -0.444 e. The van der Waals surface area contributed by atoms with Gasteiger partial charge in [0, 0.05) is 32.7 Å². The van der Waals surface area contributed by atoms with Crippen molar-refractivity contribution in [1.82, 2.24) is 19.5 Å². The van der Waals surface area contributed by atoms with Gasteiger partial charge in [0.25, 0.3) is 0 Å². The molecule has 1 aliphatic rings. The molecule has 1 aliphatic heterocycles. The number of hydrogen-bond donors (Lipinski definition) is 1. The van der Waals surface area contributed by atoms with Gasteiger partial charge in [-0.25, -0.2) is 14.3 Å². The molecule has 11 heteroatoms. The number of nitrogens with zero attached hydrogens (tertiary/aromatic N) is 5. The number of carbonyl (C=O) groups excluding carboxylic acids is 1. The van der Waals surface area contributed by atoms with Crippen molar-refractivity contribution in [3.05, 3.63) is 54.0 Å². The number of carbonyl (C=O) groups is 1. The van der Waals surface area contributed by atoms with E-state index in [0.29, 0.717) is 43.1 Å². The van der Waals surface area contributed by atoms with Crippen molar-refractivity contribution in [2.75, 3.05) is 36.4 Å². The monoisotopic (exact) mass is 476 g/mol. The predicted octanol–water partition coefficient (Wildman–Crippen LogP) is 4.42. The van der Waals surface area contributed by atoms with Crippen LogP contribution in [0.2, 0.25) is 0 Å². The van der Waals surface area contributed by atoms with Gasteiger partial charge in [0.2, 0.25) is 0 Å². The molecule has 182 valence electrons. The zero-order valence-electron chi connectivity index (χ0n) is 19.3. The molecular weight excluding hydrogens is 449 g/mol. The maximum atomic E-state index is 13.0. The summed E-state index contributed by atoms with van der Waals surface area (Å²) in [5.74, 6) is 0.519. The Kier molecular flexibility index (Phi) is 6.28. The van der Waals surface area contributed by atoms with E-state index < -0.39 is 17.3 Å². The third kappa shape index (κ3) is 5.52. The van der Waals surface area contributed by atoms with Gasteiger partial charge >= 0.3 is 12.3 Å². The number of anilines is 2. The molecule has 0 radical (unpaired) electrons. The quantitative estimate of drug-likeness (QED) is 0.601. The molecule has 1 amide bonds. The summed E-state index contributed by atoms with van der Waals surface area (Å²) in [5.41, 5.74) is 0.905. The van der Waals surface area contributed by atoms with E-state index in [0.717, 1.165) is 17.8 Å². The fraction of sp³-hybridized carbons (Fsp3) is 0.435. The lowest BCUT2D eigenvalue weighted by atomic mass is 10.1. The number of amides is 1. The summed E-state index contributed by atoms with van der Waals surface area (Å²) in [6.07, 6.45) is -1.44. The number of halogens is 3. The third-order valence-corrected chi connectivity index (χ3v) is 5.40. The summed E-state index contributed by atoms with van der Waals surface area (Å²) in [4.78, 5) is 20.4. The summed E-state index contributed by atoms with van der Waals surface area (Å²) in [6, 6.07) is 7.13. The van der Waals surface area contributed by atoms with E-state index in [4.69, 9.17) is 4.74 Å². The average Bonchev–Trinajstić information content (AvgIpc) is 3.21. The first kappa shape index (κ1) is 23.7. The molecule has 0 saturated carbocycles. The molecule has 1 aromatic carbocycles. The van der Waals surface area contributed by atoms with Gasteiger partial charge in [0.15, 0.2) is 5.82 Å². The largest absolute Gasteiger partial charge is 0.444 e. The Bertz CT molecular complexity index is 1160. The van der Waals surface area contributed by atoms with Crippen LogP contribution in [0.1, 0.15) is 31.9 Å². The lowest BCUT2D eigenvalue weighted by molar-refractivity contribution is -0.137. The fourth-order valence-electron chi connectivity index (χ4n) is 3.74. The first-order valence-electron chi connectivity index (χ1n) is 11.0. The van der Waals surface area contributed by atoms with E-state index in [1.54, 1.807) is 15.5 Å². The van der Waals surface area contributed by atoms with E-state index in [2.05, 4.69) is 20.3 Å². The smallest absolute Gasteiger partial charge is 0.416 e. The van der Waals surface area contributed by atoms with E-state index in [-0.39, 0.29) is 12.6 Å². The second kappa shape index (κ2) is 9.03. The van der Waals surface area contributed by atoms with Crippen molar-refractivity contribution in [2.24, 2.45) is 0 Å². The lowest BCUT2D eigenvalue weighted by Crippen LogP contribution is -2.50. The van der Waals surface area contributed by atoms with Gasteiger partial charge in [-0.05, 0) is 44.5 Å². The summed E-state index contributed by atoms with van der Waals surface area (Å²) in [7, 11) is 0. The molecule has 34 heavy (non-hydrogen) atoms. The number of piperazine rings is 1. The standard InChI is InChI=1S/C23H27F3N6O2/c1-22(2,3)34-21(33)31-9-7-30(8-10-31)18-12-19-20(28-15-29-32(19)14-18)27-13-16-5-4-6-17(11-16)23(24,25)26/h4-6,11-12,14-15H,7-10,13H2,1-3H3,(H,27,28,29). The average molecular weight is 477 g/mol. The molecule has 4 rings (SSSR count). The first-order chi connectivity index (χ1) is 16.0. The van der Waals surface area contributed by atoms with Crippen molar-refractivity contribution in [3.8, 4) is 0 Å². The zero-order chi connectivity index (χ0) is 24.5. The molecule has 0 unspecified atom stereocenters. The Morgan fingerprint density at radius 1 is 1.12 bits per heavy atom. The molecule has 1 N–H and O–H groups in total. The van der Waals surface area contributed by atoms with Crippen LogP contribution >= 0.6 is 0 Å². The molecule has 3 heterocycles. The molecule has 1 fully saturated rings. The molecule has 3 aromatic rings. The van der Waals surface area contributed by atoms with Crippen molar-refractivity contribution < 1.29 is 22.7 Å². The second-order valence-corrected chi connectivity index (χ2v) is 9.14. The highest BCUT2D eigenvalue weighted by atomic mass is 19.4. The summed E-state index contributed by atoms with van der Waals surface area (Å²) < 4.78 is 46.1. The van der Waals surface area contributed by atoms with Gasteiger partial charge in [-0.3, -0.25) is 0 Å². The van der Waals surface area contributed by atoms with Crippen LogP contribution in [0.3, 0.4) is 0 Å². The number of benzene rings is 1. The van der Waals surface area contributed by atoms with Gasteiger partial charge < -0.3 is 19.9 Å². The Morgan fingerprint density at radius 2 is 1.85 bits per heavy atom. The number of ether oxygens (including phenoxy) is 1. The van der Waals surface area contributed by atoms with Gasteiger partial charge in [-0.15, -0.1) is 0 Å². The molecule has 8 nitrogen and oxygen atoms in total. The molecule has 0 bridgehead atoms. The topological polar surface area (TPSA) is 75.0 Å². The lowest BCUT2D eigenvalue weighted by Gasteiger charge is -2.36. The molecule has 0 spiro atoms. The normalized spacial score (nSPS) is 15.0. The van der Waals surface area contributed by atoms with Crippen LogP contribution in [0.25, 0.3) is 5.52 Å². The third-order valence-electron chi connectivity index (χ3n) is 5.40. The van der Waals surface area contributed by atoms with Crippen LogP contribution in [0.5, 0.6) is 0 Å². The number of hydrogen-bond acceptors (Lipinski definition) is 6. The Morgan fingerprint density at radius 3 is 2.53 bits per heavy atom. The van der Waals surface area contributed by atoms with E-state index in [1.165, 1.54) is 12.4 Å².